The molecule has 20 heavy (non-hydrogen) atoms. The van der Waals surface area contributed by atoms with Crippen LogP contribution in [0.4, 0.5) is 0 Å². The third-order valence-corrected chi connectivity index (χ3v) is 2.87. The summed E-state index contributed by atoms with van der Waals surface area (Å²) in [6.45, 7) is -0.921. The lowest BCUT2D eigenvalue weighted by Crippen LogP contribution is -2.08. The van der Waals surface area contributed by atoms with Crippen LogP contribution >= 0.6 is 8.25 Å². The molecule has 0 unspecified atom stereocenters. The van der Waals surface area contributed by atoms with Gasteiger partial charge in [-0.1, -0.05) is 0 Å². The summed E-state index contributed by atoms with van der Waals surface area (Å²) >= 11 is 0. The number of carbonyl (C=O) groups is 2. The predicted octanol–water partition coefficient (Wildman–Crippen LogP) is 2.63. The zero-order valence-electron chi connectivity index (χ0n) is 10.2. The highest BCUT2D eigenvalue weighted by Crippen LogP contribution is 2.24. The van der Waals surface area contributed by atoms with Gasteiger partial charge in [-0.25, -0.2) is 0 Å². The topological polar surface area (TPSA) is 96.0 Å². The van der Waals surface area contributed by atoms with Crippen molar-refractivity contribution in [1.29, 1.82) is 0 Å². The second-order valence-corrected chi connectivity index (χ2v) is 4.54. The molecule has 8 heteroatoms. The molecular weight excluding hydrogens is 287 g/mol. The van der Waals surface area contributed by atoms with E-state index in [4.69, 9.17) is 8.83 Å². The van der Waals surface area contributed by atoms with Crippen molar-refractivity contribution in [2.75, 3.05) is 13.2 Å². The first-order chi connectivity index (χ1) is 9.66. The molecule has 0 radical (unpaired) electrons. The number of rotatable bonds is 8. The van der Waals surface area contributed by atoms with E-state index in [1.54, 1.807) is 12.1 Å². The molecule has 2 heterocycles. The lowest BCUT2D eigenvalue weighted by Gasteiger charge is -1.92. The molecular formula is C12H10O7P+. The van der Waals surface area contributed by atoms with Gasteiger partial charge in [-0.2, -0.15) is 0 Å². The van der Waals surface area contributed by atoms with Gasteiger partial charge in [0.05, 0.1) is 12.5 Å². The molecule has 7 nitrogen and oxygen atoms in total. The van der Waals surface area contributed by atoms with E-state index in [2.05, 4.69) is 9.05 Å². The van der Waals surface area contributed by atoms with E-state index in [-0.39, 0.29) is 11.5 Å². The van der Waals surface area contributed by atoms with Crippen molar-refractivity contribution >= 4 is 19.8 Å². The molecule has 0 aliphatic rings. The van der Waals surface area contributed by atoms with Gasteiger partial charge in [0.15, 0.2) is 24.7 Å². The standard InChI is InChI=1S/C12H10O7P/c13-9(11-3-1-5-16-11)7-18-20(15)19-8-10(14)12-4-2-6-17-12/h1-6H,7-8H2/q+1. The summed E-state index contributed by atoms with van der Waals surface area (Å²) in [4.78, 5) is 22.9. The van der Waals surface area contributed by atoms with Crippen molar-refractivity contribution in [2.24, 2.45) is 0 Å². The number of hydrogen-bond donors (Lipinski definition) is 0. The maximum absolute atomic E-state index is 11.5. The Kier molecular flexibility index (Phi) is 4.95. The molecule has 0 amide bonds. The minimum atomic E-state index is -2.57. The van der Waals surface area contributed by atoms with Gasteiger partial charge in [-0.15, -0.1) is 9.05 Å². The van der Waals surface area contributed by atoms with E-state index >= 15 is 0 Å². The van der Waals surface area contributed by atoms with Crippen LogP contribution in [-0.4, -0.2) is 24.8 Å². The fraction of sp³-hybridized carbons (Fsp3) is 0.167. The molecule has 0 aromatic carbocycles. The summed E-state index contributed by atoms with van der Waals surface area (Å²) in [6, 6.07) is 6.01. The maximum atomic E-state index is 11.5. The van der Waals surface area contributed by atoms with Crippen molar-refractivity contribution in [3.8, 4) is 0 Å². The lowest BCUT2D eigenvalue weighted by atomic mass is 10.3. The van der Waals surface area contributed by atoms with Crippen LogP contribution in [0, 0.1) is 0 Å². The molecule has 104 valence electrons. The lowest BCUT2D eigenvalue weighted by molar-refractivity contribution is 0.0849. The minimum absolute atomic E-state index is 0.0973. The fourth-order valence-electron chi connectivity index (χ4n) is 1.28. The zero-order chi connectivity index (χ0) is 14.4. The van der Waals surface area contributed by atoms with Crippen LogP contribution in [0.15, 0.2) is 45.6 Å². The SMILES string of the molecule is O=C(CO[P+](=O)OCC(=O)c1ccco1)c1ccco1. The molecule has 0 fully saturated rings. The summed E-state index contributed by atoms with van der Waals surface area (Å²) in [5.74, 6) is -0.751. The van der Waals surface area contributed by atoms with Gasteiger partial charge in [0, 0.05) is 4.57 Å². The highest BCUT2D eigenvalue weighted by molar-refractivity contribution is 7.33. The molecule has 0 aliphatic heterocycles. The molecule has 2 aromatic heterocycles. The number of hydrogen-bond acceptors (Lipinski definition) is 7. The van der Waals surface area contributed by atoms with Crippen molar-refractivity contribution in [1.82, 2.24) is 0 Å². The largest absolute Gasteiger partial charge is 0.698 e. The zero-order valence-corrected chi connectivity index (χ0v) is 11.1. The number of Topliss-reactive ketones (excluding diaryl/α,β-unsaturated/α-hetero) is 2. The van der Waals surface area contributed by atoms with Crippen LogP contribution in [0.1, 0.15) is 21.1 Å². The first-order valence-electron chi connectivity index (χ1n) is 5.53. The van der Waals surface area contributed by atoms with Gasteiger partial charge in [0.2, 0.25) is 11.6 Å². The van der Waals surface area contributed by atoms with Crippen LogP contribution in [-0.2, 0) is 13.6 Å². The first kappa shape index (κ1) is 14.3. The van der Waals surface area contributed by atoms with Crippen LogP contribution in [0.5, 0.6) is 0 Å². The van der Waals surface area contributed by atoms with E-state index in [0.29, 0.717) is 0 Å². The normalized spacial score (nSPS) is 10.4. The summed E-state index contributed by atoms with van der Waals surface area (Å²) in [6.07, 6.45) is 2.68. The molecule has 0 saturated heterocycles. The molecule has 2 rings (SSSR count). The second-order valence-electron chi connectivity index (χ2n) is 3.57. The number of carbonyl (C=O) groups excluding carboxylic acids is 2. The third kappa shape index (κ3) is 3.96. The van der Waals surface area contributed by atoms with Crippen molar-refractivity contribution in [2.45, 2.75) is 0 Å². The second kappa shape index (κ2) is 6.91. The molecule has 2 aromatic rings. The van der Waals surface area contributed by atoms with Gasteiger partial charge in [-0.05, 0) is 24.3 Å². The quantitative estimate of drug-likeness (QED) is 0.545. The Morgan fingerprint density at radius 2 is 1.40 bits per heavy atom. The van der Waals surface area contributed by atoms with Gasteiger partial charge < -0.3 is 8.83 Å². The number of ketones is 2. The van der Waals surface area contributed by atoms with Crippen molar-refractivity contribution < 1.29 is 32.0 Å². The average Bonchev–Trinajstić information content (AvgIpc) is 3.14. The summed E-state index contributed by atoms with van der Waals surface area (Å²) in [5, 5.41) is 0. The van der Waals surface area contributed by atoms with Gasteiger partial charge >= 0.3 is 8.25 Å². The highest BCUT2D eigenvalue weighted by Gasteiger charge is 2.26. The van der Waals surface area contributed by atoms with Gasteiger partial charge in [-0.3, -0.25) is 9.59 Å². The Labute approximate surface area is 114 Å². The Morgan fingerprint density at radius 1 is 0.950 bits per heavy atom. The van der Waals surface area contributed by atoms with Crippen LogP contribution < -0.4 is 0 Å². The minimum Gasteiger partial charge on any atom is -0.461 e. The molecule has 0 aliphatic carbocycles. The smallest absolute Gasteiger partial charge is 0.461 e. The Morgan fingerprint density at radius 3 is 1.75 bits per heavy atom. The molecule has 0 saturated carbocycles. The Hall–Kier alpha value is -2.08. The maximum Gasteiger partial charge on any atom is 0.698 e. The molecule has 0 spiro atoms. The van der Waals surface area contributed by atoms with E-state index in [1.165, 1.54) is 24.7 Å². The van der Waals surface area contributed by atoms with Crippen LogP contribution in [0.3, 0.4) is 0 Å². The predicted molar refractivity (Wildman–Crippen MR) is 65.6 cm³/mol. The average molecular weight is 297 g/mol. The van der Waals surface area contributed by atoms with Crippen LogP contribution in [0.25, 0.3) is 0 Å². The summed E-state index contributed by atoms with van der Waals surface area (Å²) in [7, 11) is -2.57. The van der Waals surface area contributed by atoms with Crippen molar-refractivity contribution in [3.05, 3.63) is 48.3 Å². The molecule has 0 atom stereocenters. The van der Waals surface area contributed by atoms with Crippen molar-refractivity contribution in [3.63, 3.8) is 0 Å². The monoisotopic (exact) mass is 297 g/mol. The third-order valence-electron chi connectivity index (χ3n) is 2.19. The van der Waals surface area contributed by atoms with Gasteiger partial charge in [0.1, 0.15) is 0 Å². The Bertz CT molecular complexity index is 533. The van der Waals surface area contributed by atoms with E-state index in [0.717, 1.165) is 0 Å². The summed E-state index contributed by atoms with van der Waals surface area (Å²) in [5.41, 5.74) is 0. The summed E-state index contributed by atoms with van der Waals surface area (Å²) < 4.78 is 30.4. The van der Waals surface area contributed by atoms with E-state index in [1.807, 2.05) is 0 Å². The van der Waals surface area contributed by atoms with Crippen LogP contribution in [0.2, 0.25) is 0 Å². The van der Waals surface area contributed by atoms with E-state index in [9.17, 15) is 14.2 Å². The molecule has 0 N–H and O–H groups in total. The van der Waals surface area contributed by atoms with E-state index < -0.39 is 33.0 Å². The number of furan rings is 2. The fourth-order valence-corrected chi connectivity index (χ4v) is 1.80. The first-order valence-corrected chi connectivity index (χ1v) is 6.63. The Balaban J connectivity index is 1.71. The highest BCUT2D eigenvalue weighted by atomic mass is 31.1. The van der Waals surface area contributed by atoms with Gasteiger partial charge in [0.25, 0.3) is 0 Å². The molecule has 0 bridgehead atoms.